The fourth-order valence-electron chi connectivity index (χ4n) is 2.02. The van der Waals surface area contributed by atoms with Crippen molar-refractivity contribution in [2.24, 2.45) is 0 Å². The van der Waals surface area contributed by atoms with Crippen LogP contribution in [0.15, 0.2) is 42.6 Å². The van der Waals surface area contributed by atoms with E-state index in [4.69, 9.17) is 5.26 Å². The fraction of sp³-hybridized carbons (Fsp3) is 0.294. The highest BCUT2D eigenvalue weighted by Crippen LogP contribution is 2.14. The SMILES string of the molecule is CC(C)c1ccc(CNCc2ccnc(C#N)c2)cc1. The maximum absolute atomic E-state index is 8.80. The lowest BCUT2D eigenvalue weighted by Crippen LogP contribution is -2.12. The van der Waals surface area contributed by atoms with Crippen molar-refractivity contribution in [3.8, 4) is 6.07 Å². The van der Waals surface area contributed by atoms with Crippen LogP contribution in [0.3, 0.4) is 0 Å². The summed E-state index contributed by atoms with van der Waals surface area (Å²) in [7, 11) is 0. The van der Waals surface area contributed by atoms with Crippen LogP contribution in [-0.2, 0) is 13.1 Å². The molecule has 3 nitrogen and oxygen atoms in total. The van der Waals surface area contributed by atoms with Gasteiger partial charge >= 0.3 is 0 Å². The van der Waals surface area contributed by atoms with Gasteiger partial charge in [-0.3, -0.25) is 0 Å². The highest BCUT2D eigenvalue weighted by Gasteiger charge is 2.00. The monoisotopic (exact) mass is 265 g/mol. The average Bonchev–Trinajstić information content (AvgIpc) is 2.48. The van der Waals surface area contributed by atoms with Crippen molar-refractivity contribution in [2.75, 3.05) is 0 Å². The summed E-state index contributed by atoms with van der Waals surface area (Å²) >= 11 is 0. The summed E-state index contributed by atoms with van der Waals surface area (Å²) in [5.74, 6) is 0.568. The van der Waals surface area contributed by atoms with Crippen molar-refractivity contribution in [2.45, 2.75) is 32.9 Å². The lowest BCUT2D eigenvalue weighted by atomic mass is 10.0. The molecule has 0 amide bonds. The first kappa shape index (κ1) is 14.2. The summed E-state index contributed by atoms with van der Waals surface area (Å²) < 4.78 is 0. The summed E-state index contributed by atoms with van der Waals surface area (Å²) in [6.45, 7) is 5.96. The van der Waals surface area contributed by atoms with Crippen molar-refractivity contribution in [3.63, 3.8) is 0 Å². The van der Waals surface area contributed by atoms with Gasteiger partial charge in [-0.25, -0.2) is 4.98 Å². The number of rotatable bonds is 5. The van der Waals surface area contributed by atoms with E-state index in [2.05, 4.69) is 54.5 Å². The van der Waals surface area contributed by atoms with E-state index in [-0.39, 0.29) is 0 Å². The number of pyridine rings is 1. The molecule has 0 saturated carbocycles. The molecule has 0 unspecified atom stereocenters. The lowest BCUT2D eigenvalue weighted by molar-refractivity contribution is 0.692. The molecule has 1 N–H and O–H groups in total. The largest absolute Gasteiger partial charge is 0.309 e. The predicted molar refractivity (Wildman–Crippen MR) is 80.0 cm³/mol. The summed E-state index contributed by atoms with van der Waals surface area (Å²) in [6.07, 6.45) is 1.67. The zero-order valence-electron chi connectivity index (χ0n) is 11.9. The van der Waals surface area contributed by atoms with Gasteiger partial charge in [0.2, 0.25) is 0 Å². The second kappa shape index (κ2) is 6.83. The van der Waals surface area contributed by atoms with Crippen LogP contribution in [0.4, 0.5) is 0 Å². The van der Waals surface area contributed by atoms with E-state index in [1.165, 1.54) is 11.1 Å². The number of nitriles is 1. The molecule has 1 heterocycles. The maximum Gasteiger partial charge on any atom is 0.140 e. The average molecular weight is 265 g/mol. The third-order valence-electron chi connectivity index (χ3n) is 3.24. The lowest BCUT2D eigenvalue weighted by Gasteiger charge is -2.08. The van der Waals surface area contributed by atoms with Crippen LogP contribution < -0.4 is 5.32 Å². The van der Waals surface area contributed by atoms with Gasteiger partial charge in [-0.1, -0.05) is 38.1 Å². The summed E-state index contributed by atoms with van der Waals surface area (Å²) in [4.78, 5) is 3.96. The van der Waals surface area contributed by atoms with E-state index in [0.29, 0.717) is 11.6 Å². The fourth-order valence-corrected chi connectivity index (χ4v) is 2.02. The zero-order valence-corrected chi connectivity index (χ0v) is 11.9. The molecule has 0 aliphatic heterocycles. The van der Waals surface area contributed by atoms with Crippen molar-refractivity contribution in [1.82, 2.24) is 10.3 Å². The first-order valence-corrected chi connectivity index (χ1v) is 6.83. The minimum absolute atomic E-state index is 0.464. The molecule has 0 bridgehead atoms. The van der Waals surface area contributed by atoms with Crippen molar-refractivity contribution in [3.05, 3.63) is 65.0 Å². The maximum atomic E-state index is 8.80. The van der Waals surface area contributed by atoms with E-state index in [1.807, 2.05) is 12.1 Å². The molecular weight excluding hydrogens is 246 g/mol. The molecule has 0 saturated heterocycles. The molecule has 3 heteroatoms. The second-order valence-electron chi connectivity index (χ2n) is 5.16. The minimum atomic E-state index is 0.464. The van der Waals surface area contributed by atoms with Gasteiger partial charge < -0.3 is 5.32 Å². The zero-order chi connectivity index (χ0) is 14.4. The molecular formula is C17H19N3. The van der Waals surface area contributed by atoms with E-state index < -0.39 is 0 Å². The predicted octanol–water partition coefficient (Wildman–Crippen LogP) is 3.37. The van der Waals surface area contributed by atoms with Gasteiger partial charge in [0.1, 0.15) is 11.8 Å². The Morgan fingerprint density at radius 1 is 1.10 bits per heavy atom. The van der Waals surface area contributed by atoms with E-state index in [0.717, 1.165) is 18.7 Å². The van der Waals surface area contributed by atoms with Gasteiger partial charge in [-0.05, 0) is 34.7 Å². The van der Waals surface area contributed by atoms with Gasteiger partial charge in [0.05, 0.1) is 0 Å². The topological polar surface area (TPSA) is 48.7 Å². The number of aromatic nitrogens is 1. The molecule has 0 spiro atoms. The van der Waals surface area contributed by atoms with Gasteiger partial charge in [-0.2, -0.15) is 5.26 Å². The van der Waals surface area contributed by atoms with Gasteiger partial charge in [-0.15, -0.1) is 0 Å². The van der Waals surface area contributed by atoms with Gasteiger partial charge in [0.25, 0.3) is 0 Å². The van der Waals surface area contributed by atoms with Crippen LogP contribution in [0.25, 0.3) is 0 Å². The first-order valence-electron chi connectivity index (χ1n) is 6.83. The molecule has 0 fully saturated rings. The standard InChI is InChI=1S/C17H19N3/c1-13(2)16-5-3-14(4-6-16)11-19-12-15-7-8-20-17(9-15)10-18/h3-9,13,19H,11-12H2,1-2H3. The molecule has 102 valence electrons. The molecule has 0 aliphatic carbocycles. The molecule has 0 aliphatic rings. The summed E-state index contributed by atoms with van der Waals surface area (Å²) in [5, 5.41) is 12.2. The quantitative estimate of drug-likeness (QED) is 0.901. The van der Waals surface area contributed by atoms with Crippen LogP contribution in [-0.4, -0.2) is 4.98 Å². The Morgan fingerprint density at radius 3 is 2.45 bits per heavy atom. The Hall–Kier alpha value is -2.18. The smallest absolute Gasteiger partial charge is 0.140 e. The summed E-state index contributed by atoms with van der Waals surface area (Å²) in [6, 6.07) is 14.5. The third-order valence-corrected chi connectivity index (χ3v) is 3.24. The van der Waals surface area contributed by atoms with Crippen LogP contribution in [0.5, 0.6) is 0 Å². The number of nitrogens with one attached hydrogen (secondary N) is 1. The van der Waals surface area contributed by atoms with Crippen molar-refractivity contribution in [1.29, 1.82) is 5.26 Å². The van der Waals surface area contributed by atoms with Crippen molar-refractivity contribution >= 4 is 0 Å². The number of hydrogen-bond acceptors (Lipinski definition) is 3. The van der Waals surface area contributed by atoms with Crippen LogP contribution in [0.1, 0.15) is 42.1 Å². The Balaban J connectivity index is 1.88. The molecule has 0 radical (unpaired) electrons. The van der Waals surface area contributed by atoms with Crippen LogP contribution >= 0.6 is 0 Å². The molecule has 20 heavy (non-hydrogen) atoms. The molecule has 2 aromatic rings. The normalized spacial score (nSPS) is 10.5. The Bertz CT molecular complexity index is 594. The molecule has 0 atom stereocenters. The number of nitrogens with zero attached hydrogens (tertiary/aromatic N) is 2. The second-order valence-corrected chi connectivity index (χ2v) is 5.16. The van der Waals surface area contributed by atoms with E-state index in [1.54, 1.807) is 6.20 Å². The highest BCUT2D eigenvalue weighted by molar-refractivity contribution is 5.26. The Morgan fingerprint density at radius 2 is 1.80 bits per heavy atom. The number of hydrogen-bond donors (Lipinski definition) is 1. The molecule has 1 aromatic heterocycles. The summed E-state index contributed by atoms with van der Waals surface area (Å²) in [5.41, 5.74) is 4.17. The van der Waals surface area contributed by atoms with E-state index in [9.17, 15) is 0 Å². The van der Waals surface area contributed by atoms with Gasteiger partial charge in [0, 0.05) is 19.3 Å². The van der Waals surface area contributed by atoms with Crippen molar-refractivity contribution < 1.29 is 0 Å². The van der Waals surface area contributed by atoms with Crippen LogP contribution in [0, 0.1) is 11.3 Å². The Labute approximate surface area is 120 Å². The number of benzene rings is 1. The third kappa shape index (κ3) is 3.91. The Kier molecular flexibility index (Phi) is 4.86. The minimum Gasteiger partial charge on any atom is -0.309 e. The van der Waals surface area contributed by atoms with Crippen LogP contribution in [0.2, 0.25) is 0 Å². The first-order chi connectivity index (χ1) is 9.69. The van der Waals surface area contributed by atoms with Gasteiger partial charge in [0.15, 0.2) is 0 Å². The van der Waals surface area contributed by atoms with E-state index >= 15 is 0 Å². The highest BCUT2D eigenvalue weighted by atomic mass is 14.8. The molecule has 2 rings (SSSR count). The molecule has 1 aromatic carbocycles.